The summed E-state index contributed by atoms with van der Waals surface area (Å²) in [5.74, 6) is -0.156. The number of rotatable bonds is 6. The van der Waals surface area contributed by atoms with Crippen molar-refractivity contribution in [1.29, 1.82) is 0 Å². The molecule has 0 saturated carbocycles. The monoisotopic (exact) mass is 506 g/mol. The third kappa shape index (κ3) is 6.35. The first kappa shape index (κ1) is 22.9. The number of urea groups is 1. The van der Waals surface area contributed by atoms with Crippen LogP contribution in [-0.2, 0) is 6.54 Å². The zero-order valence-corrected chi connectivity index (χ0v) is 19.9. The van der Waals surface area contributed by atoms with E-state index in [4.69, 9.17) is 0 Å². The minimum atomic E-state index is -0.362. The Hall–Kier alpha value is -3.32. The minimum absolute atomic E-state index is 0.156. The van der Waals surface area contributed by atoms with E-state index in [0.29, 0.717) is 23.5 Å². The summed E-state index contributed by atoms with van der Waals surface area (Å²) in [5.41, 5.74) is 3.75. The number of amides is 3. The van der Waals surface area contributed by atoms with Crippen molar-refractivity contribution in [1.82, 2.24) is 5.32 Å². The molecule has 1 fully saturated rings. The number of carbonyl (C=O) groups excluding carboxylic acids is 2. The SMILES string of the molecule is O=C(Nc1ccc(Br)cc1)Nc1ccc(N2CCCCC2)c(C(=O)NCc2ccccc2)c1. The van der Waals surface area contributed by atoms with Crippen molar-refractivity contribution < 1.29 is 9.59 Å². The van der Waals surface area contributed by atoms with Gasteiger partial charge < -0.3 is 20.9 Å². The van der Waals surface area contributed by atoms with Crippen LogP contribution < -0.4 is 20.9 Å². The molecule has 3 amide bonds. The molecule has 0 unspecified atom stereocenters. The Morgan fingerprint density at radius 2 is 1.48 bits per heavy atom. The van der Waals surface area contributed by atoms with Crippen molar-refractivity contribution in [2.75, 3.05) is 28.6 Å². The molecular weight excluding hydrogens is 480 g/mol. The van der Waals surface area contributed by atoms with E-state index in [-0.39, 0.29) is 11.9 Å². The van der Waals surface area contributed by atoms with Crippen LogP contribution in [0.25, 0.3) is 0 Å². The van der Waals surface area contributed by atoms with Crippen LogP contribution in [0.1, 0.15) is 35.2 Å². The number of halogens is 1. The molecule has 1 heterocycles. The maximum Gasteiger partial charge on any atom is 0.323 e. The summed E-state index contributed by atoms with van der Waals surface area (Å²) in [7, 11) is 0. The Kier molecular flexibility index (Phi) is 7.62. The van der Waals surface area contributed by atoms with Gasteiger partial charge in [-0.1, -0.05) is 46.3 Å². The zero-order valence-electron chi connectivity index (χ0n) is 18.3. The molecule has 33 heavy (non-hydrogen) atoms. The molecule has 0 radical (unpaired) electrons. The molecule has 170 valence electrons. The molecule has 0 atom stereocenters. The van der Waals surface area contributed by atoms with Gasteiger partial charge >= 0.3 is 6.03 Å². The molecule has 0 bridgehead atoms. The van der Waals surface area contributed by atoms with E-state index < -0.39 is 0 Å². The van der Waals surface area contributed by atoms with Gasteiger partial charge in [0.2, 0.25) is 0 Å². The maximum absolute atomic E-state index is 13.2. The number of nitrogens with one attached hydrogen (secondary N) is 3. The second-order valence-corrected chi connectivity index (χ2v) is 8.95. The molecule has 4 rings (SSSR count). The summed E-state index contributed by atoms with van der Waals surface area (Å²) in [6, 6.07) is 22.3. The van der Waals surface area contributed by atoms with Gasteiger partial charge in [0.1, 0.15) is 0 Å². The van der Waals surface area contributed by atoms with E-state index in [2.05, 4.69) is 36.8 Å². The summed E-state index contributed by atoms with van der Waals surface area (Å²) >= 11 is 3.38. The van der Waals surface area contributed by atoms with E-state index >= 15 is 0 Å². The quantitative estimate of drug-likeness (QED) is 0.383. The molecule has 3 aromatic rings. The summed E-state index contributed by atoms with van der Waals surface area (Å²) in [6.45, 7) is 2.30. The summed E-state index contributed by atoms with van der Waals surface area (Å²) in [6.07, 6.45) is 3.43. The molecule has 0 aliphatic carbocycles. The molecule has 3 aromatic carbocycles. The first-order chi connectivity index (χ1) is 16.1. The molecule has 0 aromatic heterocycles. The highest BCUT2D eigenvalue weighted by molar-refractivity contribution is 9.10. The van der Waals surface area contributed by atoms with Gasteiger partial charge in [-0.3, -0.25) is 4.79 Å². The third-order valence-electron chi connectivity index (χ3n) is 5.59. The van der Waals surface area contributed by atoms with Crippen molar-refractivity contribution in [3.8, 4) is 0 Å². The van der Waals surface area contributed by atoms with Crippen LogP contribution in [0.4, 0.5) is 21.9 Å². The van der Waals surface area contributed by atoms with Gasteiger partial charge in [-0.2, -0.15) is 0 Å². The number of benzene rings is 3. The fourth-order valence-corrected chi connectivity index (χ4v) is 4.17. The number of piperidine rings is 1. The van der Waals surface area contributed by atoms with Crippen LogP contribution in [-0.4, -0.2) is 25.0 Å². The van der Waals surface area contributed by atoms with Crippen LogP contribution in [0, 0.1) is 0 Å². The number of nitrogens with zero attached hydrogens (tertiary/aromatic N) is 1. The van der Waals surface area contributed by atoms with Gasteiger partial charge in [0.25, 0.3) is 5.91 Å². The van der Waals surface area contributed by atoms with Crippen molar-refractivity contribution in [2.24, 2.45) is 0 Å². The third-order valence-corrected chi connectivity index (χ3v) is 6.12. The normalized spacial score (nSPS) is 13.3. The van der Waals surface area contributed by atoms with Crippen molar-refractivity contribution in [2.45, 2.75) is 25.8 Å². The standard InChI is InChI=1S/C26H27BrN4O2/c27-20-9-11-21(12-10-20)29-26(33)30-22-13-14-24(31-15-5-2-6-16-31)23(17-22)25(32)28-18-19-7-3-1-4-8-19/h1,3-4,7-14,17H,2,5-6,15-16,18H2,(H,28,32)(H2,29,30,33). The number of anilines is 3. The lowest BCUT2D eigenvalue weighted by atomic mass is 10.1. The molecule has 7 heteroatoms. The van der Waals surface area contributed by atoms with Gasteiger partial charge in [-0.25, -0.2) is 4.79 Å². The second kappa shape index (κ2) is 11.0. The highest BCUT2D eigenvalue weighted by atomic mass is 79.9. The lowest BCUT2D eigenvalue weighted by Gasteiger charge is -2.30. The number of hydrogen-bond donors (Lipinski definition) is 3. The van der Waals surface area contributed by atoms with Crippen molar-refractivity contribution in [3.63, 3.8) is 0 Å². The van der Waals surface area contributed by atoms with Crippen LogP contribution >= 0.6 is 15.9 Å². The fourth-order valence-electron chi connectivity index (χ4n) is 3.91. The average Bonchev–Trinajstić information content (AvgIpc) is 2.85. The number of hydrogen-bond acceptors (Lipinski definition) is 3. The zero-order chi connectivity index (χ0) is 23.0. The second-order valence-electron chi connectivity index (χ2n) is 8.03. The van der Waals surface area contributed by atoms with Gasteiger partial charge in [-0.15, -0.1) is 0 Å². The Labute approximate surface area is 202 Å². The fraction of sp³-hybridized carbons (Fsp3) is 0.231. The van der Waals surface area contributed by atoms with E-state index in [9.17, 15) is 9.59 Å². The highest BCUT2D eigenvalue weighted by Gasteiger charge is 2.19. The lowest BCUT2D eigenvalue weighted by Crippen LogP contribution is -2.33. The first-order valence-corrected chi connectivity index (χ1v) is 11.9. The number of carbonyl (C=O) groups is 2. The Bertz CT molecular complexity index is 1100. The Morgan fingerprint density at radius 1 is 0.818 bits per heavy atom. The summed E-state index contributed by atoms with van der Waals surface area (Å²) < 4.78 is 0.938. The van der Waals surface area contributed by atoms with E-state index in [1.54, 1.807) is 6.07 Å². The lowest BCUT2D eigenvalue weighted by molar-refractivity contribution is 0.0951. The predicted octanol–water partition coefficient (Wildman–Crippen LogP) is 6.01. The molecular formula is C26H27BrN4O2. The van der Waals surface area contributed by atoms with Gasteiger partial charge in [0.05, 0.1) is 5.56 Å². The summed E-state index contributed by atoms with van der Waals surface area (Å²) in [4.78, 5) is 27.9. The van der Waals surface area contributed by atoms with Crippen LogP contribution in [0.5, 0.6) is 0 Å². The predicted molar refractivity (Wildman–Crippen MR) is 137 cm³/mol. The smallest absolute Gasteiger partial charge is 0.323 e. The van der Waals surface area contributed by atoms with Crippen LogP contribution in [0.15, 0.2) is 77.3 Å². The largest absolute Gasteiger partial charge is 0.371 e. The van der Waals surface area contributed by atoms with Crippen LogP contribution in [0.3, 0.4) is 0 Å². The molecule has 1 aliphatic heterocycles. The maximum atomic E-state index is 13.2. The molecule has 3 N–H and O–H groups in total. The first-order valence-electron chi connectivity index (χ1n) is 11.1. The van der Waals surface area contributed by atoms with Gasteiger partial charge in [0, 0.05) is 41.2 Å². The molecule has 0 spiro atoms. The van der Waals surface area contributed by atoms with Crippen molar-refractivity contribution in [3.05, 3.63) is 88.4 Å². The van der Waals surface area contributed by atoms with Gasteiger partial charge in [0.15, 0.2) is 0 Å². The average molecular weight is 507 g/mol. The molecule has 1 aliphatic rings. The minimum Gasteiger partial charge on any atom is -0.371 e. The van der Waals surface area contributed by atoms with E-state index in [0.717, 1.165) is 41.7 Å². The molecule has 1 saturated heterocycles. The van der Waals surface area contributed by atoms with Crippen molar-refractivity contribution >= 4 is 44.9 Å². The van der Waals surface area contributed by atoms with Crippen LogP contribution in [0.2, 0.25) is 0 Å². The topological polar surface area (TPSA) is 73.5 Å². The summed E-state index contributed by atoms with van der Waals surface area (Å²) in [5, 5.41) is 8.68. The Balaban J connectivity index is 1.51. The highest BCUT2D eigenvalue weighted by Crippen LogP contribution is 2.27. The van der Waals surface area contributed by atoms with E-state index in [1.165, 1.54) is 6.42 Å². The Morgan fingerprint density at radius 3 is 2.21 bits per heavy atom. The van der Waals surface area contributed by atoms with E-state index in [1.807, 2.05) is 66.7 Å². The van der Waals surface area contributed by atoms with Gasteiger partial charge in [-0.05, 0) is 67.3 Å². The molecule has 6 nitrogen and oxygen atoms in total.